The zero-order valence-electron chi connectivity index (χ0n) is 13.2. The molecule has 1 aromatic heterocycles. The van der Waals surface area contributed by atoms with Crippen LogP contribution in [0.3, 0.4) is 0 Å². The van der Waals surface area contributed by atoms with Crippen LogP contribution in [0.4, 0.5) is 0 Å². The monoisotopic (exact) mass is 383 g/mol. The first-order chi connectivity index (χ1) is 12.0. The molecule has 8 heteroatoms. The van der Waals surface area contributed by atoms with Crippen LogP contribution in [0.25, 0.3) is 6.08 Å². The Morgan fingerprint density at radius 2 is 2.08 bits per heavy atom. The molecule has 0 aliphatic rings. The number of carboxylic acid groups (broad SMARTS) is 1. The number of aromatic nitrogens is 1. The van der Waals surface area contributed by atoms with E-state index in [0.29, 0.717) is 35.3 Å². The molecule has 0 spiro atoms. The van der Waals surface area contributed by atoms with Crippen molar-refractivity contribution in [2.24, 2.45) is 0 Å². The van der Waals surface area contributed by atoms with Gasteiger partial charge in [0.05, 0.1) is 11.6 Å². The van der Waals surface area contributed by atoms with E-state index >= 15 is 0 Å². The molecule has 0 saturated carbocycles. The van der Waals surface area contributed by atoms with Gasteiger partial charge in [0.25, 0.3) is 0 Å². The van der Waals surface area contributed by atoms with Gasteiger partial charge in [-0.2, -0.15) is 0 Å². The van der Waals surface area contributed by atoms with Crippen molar-refractivity contribution in [3.8, 4) is 17.4 Å². The highest BCUT2D eigenvalue weighted by atomic mass is 35.5. The van der Waals surface area contributed by atoms with Gasteiger partial charge in [0.15, 0.2) is 0 Å². The number of carbonyl (C=O) groups is 1. The largest absolute Gasteiger partial charge is 0.491 e. The second-order valence-electron chi connectivity index (χ2n) is 4.76. The number of ether oxygens (including phenoxy) is 3. The fraction of sp³-hybridized carbons (Fsp3) is 0.176. The molecule has 25 heavy (non-hydrogen) atoms. The summed E-state index contributed by atoms with van der Waals surface area (Å²) in [6, 6.07) is 6.47. The van der Waals surface area contributed by atoms with Crippen LogP contribution in [0.15, 0.2) is 36.5 Å². The van der Waals surface area contributed by atoms with Gasteiger partial charge in [0.2, 0.25) is 5.88 Å². The lowest BCUT2D eigenvalue weighted by atomic mass is 10.1. The summed E-state index contributed by atoms with van der Waals surface area (Å²) in [5, 5.41) is 9.42. The van der Waals surface area contributed by atoms with Crippen LogP contribution in [-0.2, 0) is 9.53 Å². The Morgan fingerprint density at radius 3 is 2.76 bits per heavy atom. The molecule has 132 valence electrons. The van der Waals surface area contributed by atoms with Crippen LogP contribution in [0.5, 0.6) is 17.4 Å². The Balaban J connectivity index is 2.32. The summed E-state index contributed by atoms with van der Waals surface area (Å²) in [6.07, 6.45) is 3.80. The van der Waals surface area contributed by atoms with Crippen LogP contribution in [0.1, 0.15) is 5.56 Å². The van der Waals surface area contributed by atoms with E-state index in [4.69, 9.17) is 42.5 Å². The van der Waals surface area contributed by atoms with Gasteiger partial charge in [0.1, 0.15) is 23.1 Å². The summed E-state index contributed by atoms with van der Waals surface area (Å²) in [4.78, 5) is 14.8. The first-order valence-electron chi connectivity index (χ1n) is 7.15. The number of benzene rings is 1. The smallest absolute Gasteiger partial charge is 0.328 e. The van der Waals surface area contributed by atoms with Gasteiger partial charge in [-0.25, -0.2) is 9.78 Å². The highest BCUT2D eigenvalue weighted by Gasteiger charge is 2.10. The molecule has 1 aromatic carbocycles. The van der Waals surface area contributed by atoms with Gasteiger partial charge in [-0.05, 0) is 24.3 Å². The van der Waals surface area contributed by atoms with Gasteiger partial charge in [-0.1, -0.05) is 23.2 Å². The van der Waals surface area contributed by atoms with Crippen molar-refractivity contribution in [1.29, 1.82) is 0 Å². The van der Waals surface area contributed by atoms with Gasteiger partial charge in [-0.15, -0.1) is 0 Å². The predicted molar refractivity (Wildman–Crippen MR) is 94.8 cm³/mol. The quantitative estimate of drug-likeness (QED) is 0.540. The van der Waals surface area contributed by atoms with E-state index in [1.807, 2.05) is 0 Å². The second kappa shape index (κ2) is 9.27. The van der Waals surface area contributed by atoms with E-state index in [2.05, 4.69) is 4.98 Å². The first kappa shape index (κ1) is 19.1. The Kier molecular flexibility index (Phi) is 7.06. The summed E-state index contributed by atoms with van der Waals surface area (Å²) in [5.74, 6) is -0.0622. The molecule has 6 nitrogen and oxygen atoms in total. The van der Waals surface area contributed by atoms with Gasteiger partial charge in [-0.3, -0.25) is 0 Å². The zero-order valence-corrected chi connectivity index (χ0v) is 14.8. The minimum atomic E-state index is -1.07. The number of pyridine rings is 1. The van der Waals surface area contributed by atoms with Crippen LogP contribution in [0, 0.1) is 0 Å². The number of carboxylic acids is 1. The van der Waals surface area contributed by atoms with Crippen molar-refractivity contribution in [2.75, 3.05) is 20.3 Å². The number of aliphatic carboxylic acids is 1. The van der Waals surface area contributed by atoms with Crippen molar-refractivity contribution in [3.63, 3.8) is 0 Å². The Bertz CT molecular complexity index is 780. The maximum absolute atomic E-state index is 10.8. The van der Waals surface area contributed by atoms with E-state index in [1.54, 1.807) is 25.3 Å². The molecule has 0 aliphatic carbocycles. The molecule has 0 unspecified atom stereocenters. The maximum Gasteiger partial charge on any atom is 0.328 e. The number of methoxy groups -OCH3 is 1. The first-order valence-corrected chi connectivity index (χ1v) is 7.91. The third-order valence-electron chi connectivity index (χ3n) is 2.93. The summed E-state index contributed by atoms with van der Waals surface area (Å²) >= 11 is 11.9. The SMILES string of the molecule is COCCOc1ccc(C=CC(=O)O)c(Oc2ncc(Cl)cc2Cl)c1. The summed E-state index contributed by atoms with van der Waals surface area (Å²) in [7, 11) is 1.58. The summed E-state index contributed by atoms with van der Waals surface area (Å²) in [6.45, 7) is 0.793. The second-order valence-corrected chi connectivity index (χ2v) is 5.60. The van der Waals surface area contributed by atoms with Crippen LogP contribution in [-0.4, -0.2) is 36.4 Å². The molecular weight excluding hydrogens is 369 g/mol. The Morgan fingerprint density at radius 1 is 1.28 bits per heavy atom. The van der Waals surface area contributed by atoms with Gasteiger partial charge in [0, 0.05) is 31.0 Å². The molecular formula is C17H15Cl2NO5. The van der Waals surface area contributed by atoms with E-state index in [0.717, 1.165) is 6.08 Å². The van der Waals surface area contributed by atoms with E-state index in [9.17, 15) is 4.79 Å². The van der Waals surface area contributed by atoms with Crippen LogP contribution in [0.2, 0.25) is 10.0 Å². The van der Waals surface area contributed by atoms with Gasteiger partial charge < -0.3 is 19.3 Å². The number of nitrogens with zero attached hydrogens (tertiary/aromatic N) is 1. The third kappa shape index (κ3) is 5.94. The van der Waals surface area contributed by atoms with Crippen molar-refractivity contribution in [3.05, 3.63) is 52.1 Å². The Hall–Kier alpha value is -2.28. The number of rotatable bonds is 8. The molecule has 0 amide bonds. The standard InChI is InChI=1S/C17H15Cl2NO5/c1-23-6-7-24-13-4-2-11(3-5-16(21)22)15(9-13)25-17-14(19)8-12(18)10-20-17/h2-5,8-10H,6-7H2,1H3,(H,21,22). The molecule has 0 radical (unpaired) electrons. The van der Waals surface area contributed by atoms with Crippen LogP contribution < -0.4 is 9.47 Å². The molecule has 0 aliphatic heterocycles. The van der Waals surface area contributed by atoms with E-state index < -0.39 is 5.97 Å². The molecule has 2 aromatic rings. The lowest BCUT2D eigenvalue weighted by Gasteiger charge is -2.12. The molecule has 1 heterocycles. The topological polar surface area (TPSA) is 77.9 Å². The predicted octanol–water partition coefficient (Wildman–Crippen LogP) is 4.30. The number of hydrogen-bond donors (Lipinski definition) is 1. The molecule has 0 fully saturated rings. The highest BCUT2D eigenvalue weighted by molar-refractivity contribution is 6.35. The van der Waals surface area contributed by atoms with Gasteiger partial charge >= 0.3 is 5.97 Å². The molecule has 0 bridgehead atoms. The lowest BCUT2D eigenvalue weighted by molar-refractivity contribution is -0.131. The average Bonchev–Trinajstić information content (AvgIpc) is 2.56. The van der Waals surface area contributed by atoms with Crippen molar-refractivity contribution in [1.82, 2.24) is 4.98 Å². The van der Waals surface area contributed by atoms with E-state index in [1.165, 1.54) is 18.3 Å². The zero-order chi connectivity index (χ0) is 18.2. The van der Waals surface area contributed by atoms with E-state index in [-0.39, 0.29) is 10.9 Å². The minimum absolute atomic E-state index is 0.144. The van der Waals surface area contributed by atoms with Crippen LogP contribution >= 0.6 is 23.2 Å². The number of hydrogen-bond acceptors (Lipinski definition) is 5. The third-order valence-corrected chi connectivity index (χ3v) is 3.40. The average molecular weight is 384 g/mol. The summed E-state index contributed by atoms with van der Waals surface area (Å²) < 4.78 is 16.2. The molecule has 0 atom stereocenters. The highest BCUT2D eigenvalue weighted by Crippen LogP contribution is 2.33. The maximum atomic E-state index is 10.8. The Labute approximate surface area is 154 Å². The minimum Gasteiger partial charge on any atom is -0.491 e. The molecule has 2 rings (SSSR count). The molecule has 0 saturated heterocycles. The van der Waals surface area contributed by atoms with Crippen molar-refractivity contribution in [2.45, 2.75) is 0 Å². The molecule has 1 N–H and O–H groups in total. The fourth-order valence-electron chi connectivity index (χ4n) is 1.82. The summed E-state index contributed by atoms with van der Waals surface area (Å²) in [5.41, 5.74) is 0.523. The van der Waals surface area contributed by atoms with Crippen molar-refractivity contribution >= 4 is 35.2 Å². The fourth-order valence-corrected chi connectivity index (χ4v) is 2.23. The lowest BCUT2D eigenvalue weighted by Crippen LogP contribution is -2.04. The van der Waals surface area contributed by atoms with Crippen molar-refractivity contribution < 1.29 is 24.1 Å². The normalized spacial score (nSPS) is 10.8. The number of halogens is 2.